The smallest absolute Gasteiger partial charge is 0.0323 e. The molecule has 78 heavy (non-hydrogen) atoms. The molecule has 7 fully saturated rings. The maximum Gasteiger partial charge on any atom is -0.0323 e. The molecule has 0 bridgehead atoms. The highest BCUT2D eigenvalue weighted by Crippen LogP contribution is 2.53. The minimum absolute atomic E-state index is 0.542. The molecule has 7 aliphatic rings. The quantitative estimate of drug-likeness (QED) is 0.227. The molecule has 7 aliphatic carbocycles. The third-order valence-electron chi connectivity index (χ3n) is 21.7. The van der Waals surface area contributed by atoms with Gasteiger partial charge in [0.1, 0.15) is 0 Å². The van der Waals surface area contributed by atoms with E-state index in [0.29, 0.717) is 21.7 Å². The van der Waals surface area contributed by atoms with Crippen molar-refractivity contribution in [2.24, 2.45) is 110 Å². The summed E-state index contributed by atoms with van der Waals surface area (Å²) >= 11 is 0. The van der Waals surface area contributed by atoms with Crippen LogP contribution in [0.2, 0.25) is 0 Å². The molecule has 0 heteroatoms. The topological polar surface area (TPSA) is 0 Å². The summed E-state index contributed by atoms with van der Waals surface area (Å²) in [6.07, 6.45) is 40.1. The first-order chi connectivity index (χ1) is 35.9. The van der Waals surface area contributed by atoms with E-state index in [1.54, 1.807) is 0 Å². The standard InChI is InChI=1S/C10H20.3C8H16.2C7H14.C6H12.4C6H14/c1-8-9(2,3)6-7-10(8,4)5;1-6-4-7(2)8(3)5-6;1-7-5-4-6-8(7,2)3;1-6-4-5-7(2)8(6)3;1-6-4-3-5-7(6)2;1-7-5-3-2-4-6-7;1-2-3-6-4-5-6;1-5-6(2,3)4;2*1-4-5-6(2)3;1-4-6(3)5-2/h8H,6-7H2,1-5H3;6-8H,4-5H2,1-3H3;7H,4-6H2,1-3H3;6-8H,4-5H2,1-3H3;6-7H,3-5H2,1-2H3;7H,2-6H2,1H3;6H,2-5H2,1H3;5H2,1-4H3;3*6H,4-5H2,1-3H3/t;;7-;;6-,7?;;;;;;/m..1.1....../s1. The van der Waals surface area contributed by atoms with Crippen molar-refractivity contribution >= 4 is 0 Å². The number of hydrogen-bond acceptors (Lipinski definition) is 0. The SMILES string of the molecule is CC1C(C)(C)CCC1(C)C.CC1CC(C)C(C)C1.CC1CCC(C)C1C.CC1CCCCC1.CC1CCC[C@H]1C.CCC(C)(C)C.CCC(C)CC.CCCC(C)C.CCCC(C)C.CCCC1CC1.C[C@@H]1CCCC1(C)C. The van der Waals surface area contributed by atoms with E-state index in [1.165, 1.54) is 180 Å². The van der Waals surface area contributed by atoms with E-state index in [-0.39, 0.29) is 0 Å². The highest BCUT2D eigenvalue weighted by molar-refractivity contribution is 4.93. The lowest BCUT2D eigenvalue weighted by molar-refractivity contribution is 0.179. The van der Waals surface area contributed by atoms with Gasteiger partial charge in [-0.2, -0.15) is 0 Å². The molecule has 7 atom stereocenters. The molecule has 0 amide bonds. The molecule has 7 saturated carbocycles. The molecule has 476 valence electrons. The van der Waals surface area contributed by atoms with Crippen LogP contribution in [0.25, 0.3) is 0 Å². The van der Waals surface area contributed by atoms with E-state index < -0.39 is 0 Å². The summed E-state index contributed by atoms with van der Waals surface area (Å²) in [5, 5.41) is 0. The van der Waals surface area contributed by atoms with Gasteiger partial charge in [-0.05, 0) is 143 Å². The van der Waals surface area contributed by atoms with E-state index in [9.17, 15) is 0 Å². The fourth-order valence-corrected chi connectivity index (χ4v) is 12.0. The maximum absolute atomic E-state index is 2.40. The fourth-order valence-electron chi connectivity index (χ4n) is 12.0. The zero-order chi connectivity index (χ0) is 61.5. The van der Waals surface area contributed by atoms with Crippen molar-refractivity contribution in [3.63, 3.8) is 0 Å². The second kappa shape index (κ2) is 47.3. The third kappa shape index (κ3) is 48.4. The van der Waals surface area contributed by atoms with Crippen molar-refractivity contribution in [3.8, 4) is 0 Å². The van der Waals surface area contributed by atoms with Gasteiger partial charge in [-0.25, -0.2) is 0 Å². The van der Waals surface area contributed by atoms with E-state index in [1.807, 2.05) is 0 Å². The lowest BCUT2D eigenvalue weighted by Crippen LogP contribution is -2.24. The summed E-state index contributed by atoms with van der Waals surface area (Å²) in [4.78, 5) is 0. The van der Waals surface area contributed by atoms with Crippen LogP contribution in [0.4, 0.5) is 0 Å². The van der Waals surface area contributed by atoms with Crippen molar-refractivity contribution in [1.82, 2.24) is 0 Å². The van der Waals surface area contributed by atoms with Gasteiger partial charge in [-0.1, -0.05) is 362 Å². The minimum Gasteiger partial charge on any atom is -0.0654 e. The predicted octanol–water partition coefficient (Wildman–Crippen LogP) is 28.7. The van der Waals surface area contributed by atoms with Gasteiger partial charge in [0.15, 0.2) is 0 Å². The second-order valence-electron chi connectivity index (χ2n) is 33.0. The van der Waals surface area contributed by atoms with Crippen LogP contribution in [0.1, 0.15) is 394 Å². The monoisotopic (exact) mass is 1100 g/mol. The lowest BCUT2D eigenvalue weighted by Gasteiger charge is -2.31. The molecule has 0 heterocycles. The Kier molecular flexibility index (Phi) is 51.2. The molecule has 0 saturated heterocycles. The Labute approximate surface area is 502 Å². The molecule has 0 nitrogen and oxygen atoms in total. The molecule has 7 rings (SSSR count). The first kappa shape index (κ1) is 84.5. The largest absolute Gasteiger partial charge is 0.0654 e. The van der Waals surface area contributed by atoms with Gasteiger partial charge in [0.05, 0.1) is 0 Å². The van der Waals surface area contributed by atoms with Crippen molar-refractivity contribution in [2.75, 3.05) is 0 Å². The molecule has 0 aromatic heterocycles. The Morgan fingerprint density at radius 1 is 0.397 bits per heavy atom. The molecule has 0 aromatic rings. The van der Waals surface area contributed by atoms with Crippen LogP contribution in [0.3, 0.4) is 0 Å². The molecular formula is C78H164. The number of hydrogen-bond donors (Lipinski definition) is 0. The minimum atomic E-state index is 0.542. The average Bonchev–Trinajstić information content (AvgIpc) is 3.70. The van der Waals surface area contributed by atoms with E-state index in [0.717, 1.165) is 88.8 Å². The van der Waals surface area contributed by atoms with Crippen LogP contribution in [0.15, 0.2) is 0 Å². The van der Waals surface area contributed by atoms with Gasteiger partial charge in [0, 0.05) is 0 Å². The van der Waals surface area contributed by atoms with Gasteiger partial charge < -0.3 is 0 Å². The predicted molar refractivity (Wildman–Crippen MR) is 367 cm³/mol. The summed E-state index contributed by atoms with van der Waals surface area (Å²) in [5.41, 5.74) is 2.37. The van der Waals surface area contributed by atoms with E-state index in [2.05, 4.69) is 215 Å². The van der Waals surface area contributed by atoms with Crippen LogP contribution in [0, 0.1) is 110 Å². The van der Waals surface area contributed by atoms with Crippen LogP contribution in [0.5, 0.6) is 0 Å². The van der Waals surface area contributed by atoms with Gasteiger partial charge in [0.25, 0.3) is 0 Å². The van der Waals surface area contributed by atoms with Crippen molar-refractivity contribution in [3.05, 3.63) is 0 Å². The maximum atomic E-state index is 2.40. The Hall–Kier alpha value is 0. The molecule has 0 aromatic carbocycles. The van der Waals surface area contributed by atoms with Gasteiger partial charge in [-0.15, -0.1) is 0 Å². The highest BCUT2D eigenvalue weighted by atomic mass is 14.5. The van der Waals surface area contributed by atoms with E-state index in [4.69, 9.17) is 0 Å². The summed E-state index contributed by atoms with van der Waals surface area (Å²) in [5.74, 6) is 14.7. The molecular weight excluding hydrogens is 937 g/mol. The summed E-state index contributed by atoms with van der Waals surface area (Å²) < 4.78 is 0. The van der Waals surface area contributed by atoms with Crippen molar-refractivity contribution in [1.29, 1.82) is 0 Å². The first-order valence-corrected chi connectivity index (χ1v) is 35.9. The number of rotatable bonds is 8. The van der Waals surface area contributed by atoms with E-state index >= 15 is 0 Å². The van der Waals surface area contributed by atoms with Crippen molar-refractivity contribution < 1.29 is 0 Å². The molecule has 0 radical (unpaired) electrons. The molecule has 0 spiro atoms. The van der Waals surface area contributed by atoms with Gasteiger partial charge in [-0.3, -0.25) is 0 Å². The first-order valence-electron chi connectivity index (χ1n) is 35.9. The van der Waals surface area contributed by atoms with Crippen molar-refractivity contribution in [2.45, 2.75) is 394 Å². The molecule has 0 aliphatic heterocycles. The summed E-state index contributed by atoms with van der Waals surface area (Å²) in [6, 6.07) is 0. The summed E-state index contributed by atoms with van der Waals surface area (Å²) in [7, 11) is 0. The Bertz CT molecular complexity index is 1180. The Morgan fingerprint density at radius 2 is 0.795 bits per heavy atom. The van der Waals surface area contributed by atoms with Gasteiger partial charge in [0.2, 0.25) is 0 Å². The normalized spacial score (nSPS) is 28.3. The fraction of sp³-hybridized carbons (Fsp3) is 1.00. The Morgan fingerprint density at radius 3 is 0.897 bits per heavy atom. The molecule has 0 N–H and O–H groups in total. The second-order valence-corrected chi connectivity index (χ2v) is 33.0. The molecule has 5 unspecified atom stereocenters. The van der Waals surface area contributed by atoms with Crippen LogP contribution < -0.4 is 0 Å². The zero-order valence-electron chi connectivity index (χ0n) is 61.5. The Balaban J connectivity index is -0.000000388. The highest BCUT2D eigenvalue weighted by Gasteiger charge is 2.43. The van der Waals surface area contributed by atoms with Crippen LogP contribution in [-0.2, 0) is 0 Å². The van der Waals surface area contributed by atoms with Crippen LogP contribution in [-0.4, -0.2) is 0 Å². The van der Waals surface area contributed by atoms with Crippen LogP contribution >= 0.6 is 0 Å². The third-order valence-corrected chi connectivity index (χ3v) is 21.7. The lowest BCUT2D eigenvalue weighted by atomic mass is 9.74. The summed E-state index contributed by atoms with van der Waals surface area (Å²) in [6.45, 7) is 71.8. The van der Waals surface area contributed by atoms with Gasteiger partial charge >= 0.3 is 0 Å². The average molecular weight is 1100 g/mol. The zero-order valence-corrected chi connectivity index (χ0v) is 61.5.